The van der Waals surface area contributed by atoms with Gasteiger partial charge in [-0.05, 0) is 13.5 Å². The first-order chi connectivity index (χ1) is 7.70. The Bertz CT molecular complexity index is 472. The van der Waals surface area contributed by atoms with Crippen molar-refractivity contribution in [3.8, 4) is 11.3 Å². The molecular weight excluding hydrogens is 204 g/mol. The zero-order valence-corrected chi connectivity index (χ0v) is 9.82. The molecule has 1 N–H and O–H groups in total. The zero-order chi connectivity index (χ0) is 11.5. The number of hydrogen-bond acceptors (Lipinski definition) is 4. The summed E-state index contributed by atoms with van der Waals surface area (Å²) < 4.78 is 7.07. The second-order valence-electron chi connectivity index (χ2n) is 3.76. The van der Waals surface area contributed by atoms with Crippen molar-refractivity contribution in [1.29, 1.82) is 0 Å². The van der Waals surface area contributed by atoms with Gasteiger partial charge in [0.1, 0.15) is 0 Å². The van der Waals surface area contributed by atoms with Crippen molar-refractivity contribution < 1.29 is 4.52 Å². The van der Waals surface area contributed by atoms with Crippen molar-refractivity contribution >= 4 is 0 Å². The fourth-order valence-electron chi connectivity index (χ4n) is 1.62. The minimum atomic E-state index is 0.735. The third-order valence-corrected chi connectivity index (χ3v) is 2.39. The Hall–Kier alpha value is -1.62. The van der Waals surface area contributed by atoms with Gasteiger partial charge in [-0.1, -0.05) is 12.1 Å². The van der Waals surface area contributed by atoms with Crippen molar-refractivity contribution in [2.45, 2.75) is 20.4 Å². The highest BCUT2D eigenvalue weighted by atomic mass is 16.5. The van der Waals surface area contributed by atoms with Crippen LogP contribution in [0.1, 0.15) is 18.3 Å². The van der Waals surface area contributed by atoms with Crippen molar-refractivity contribution in [3.63, 3.8) is 0 Å². The number of hydrogen-bond donors (Lipinski definition) is 1. The molecule has 0 spiro atoms. The van der Waals surface area contributed by atoms with Crippen LogP contribution in [-0.2, 0) is 13.6 Å². The predicted octanol–water partition coefficient (Wildman–Crippen LogP) is 1.49. The molecule has 2 aromatic heterocycles. The molecule has 86 valence electrons. The first-order valence-electron chi connectivity index (χ1n) is 5.37. The van der Waals surface area contributed by atoms with Gasteiger partial charge < -0.3 is 9.84 Å². The maximum Gasteiger partial charge on any atom is 0.170 e. The van der Waals surface area contributed by atoms with Gasteiger partial charge in [-0.3, -0.25) is 4.68 Å². The van der Waals surface area contributed by atoms with Crippen LogP contribution >= 0.6 is 0 Å². The molecule has 0 aliphatic carbocycles. The van der Waals surface area contributed by atoms with E-state index in [0.29, 0.717) is 0 Å². The maximum atomic E-state index is 5.30. The van der Waals surface area contributed by atoms with E-state index in [0.717, 1.165) is 35.8 Å². The van der Waals surface area contributed by atoms with Gasteiger partial charge in [-0.25, -0.2) is 0 Å². The lowest BCUT2D eigenvalue weighted by Gasteiger charge is -1.93. The summed E-state index contributed by atoms with van der Waals surface area (Å²) in [5, 5.41) is 11.5. The maximum absolute atomic E-state index is 5.30. The molecule has 0 atom stereocenters. The average Bonchev–Trinajstić information content (AvgIpc) is 2.82. The van der Waals surface area contributed by atoms with E-state index in [9.17, 15) is 0 Å². The quantitative estimate of drug-likeness (QED) is 0.848. The van der Waals surface area contributed by atoms with E-state index in [1.807, 2.05) is 26.2 Å². The molecule has 0 amide bonds. The summed E-state index contributed by atoms with van der Waals surface area (Å²) in [6.07, 6.45) is 1.94. The van der Waals surface area contributed by atoms with E-state index in [-0.39, 0.29) is 0 Å². The minimum Gasteiger partial charge on any atom is -0.356 e. The summed E-state index contributed by atoms with van der Waals surface area (Å²) in [5.74, 6) is 0.776. The Balaban J connectivity index is 2.21. The van der Waals surface area contributed by atoms with Crippen LogP contribution in [0, 0.1) is 6.92 Å². The van der Waals surface area contributed by atoms with Crippen LogP contribution in [0.5, 0.6) is 0 Å². The van der Waals surface area contributed by atoms with Crippen molar-refractivity contribution in [3.05, 3.63) is 23.7 Å². The lowest BCUT2D eigenvalue weighted by atomic mass is 10.2. The molecule has 0 fully saturated rings. The van der Waals surface area contributed by atoms with Crippen LogP contribution in [-0.4, -0.2) is 21.5 Å². The summed E-state index contributed by atoms with van der Waals surface area (Å²) in [6, 6.07) is 1.95. The summed E-state index contributed by atoms with van der Waals surface area (Å²) in [7, 11) is 1.90. The average molecular weight is 220 g/mol. The lowest BCUT2D eigenvalue weighted by molar-refractivity contribution is 0.420. The third kappa shape index (κ3) is 2.14. The smallest absolute Gasteiger partial charge is 0.170 e. The molecule has 2 rings (SSSR count). The Labute approximate surface area is 94.4 Å². The van der Waals surface area contributed by atoms with Gasteiger partial charge in [0, 0.05) is 25.9 Å². The fourth-order valence-corrected chi connectivity index (χ4v) is 1.62. The normalized spacial score (nSPS) is 10.9. The molecule has 0 saturated heterocycles. The van der Waals surface area contributed by atoms with Crippen LogP contribution in [0.25, 0.3) is 11.3 Å². The Morgan fingerprint density at radius 3 is 2.94 bits per heavy atom. The van der Waals surface area contributed by atoms with Crippen molar-refractivity contribution in [2.75, 3.05) is 6.54 Å². The van der Waals surface area contributed by atoms with E-state index < -0.39 is 0 Å². The highest BCUT2D eigenvalue weighted by Gasteiger charge is 2.11. The molecule has 5 heteroatoms. The van der Waals surface area contributed by atoms with Gasteiger partial charge in [-0.15, -0.1) is 0 Å². The van der Waals surface area contributed by atoms with Crippen molar-refractivity contribution in [1.82, 2.24) is 20.3 Å². The molecule has 0 aromatic carbocycles. The second kappa shape index (κ2) is 4.49. The number of rotatable bonds is 4. The summed E-state index contributed by atoms with van der Waals surface area (Å²) in [5.41, 5.74) is 2.87. The van der Waals surface area contributed by atoms with Gasteiger partial charge in [0.25, 0.3) is 0 Å². The van der Waals surface area contributed by atoms with E-state index in [4.69, 9.17) is 4.52 Å². The zero-order valence-electron chi connectivity index (χ0n) is 9.82. The monoisotopic (exact) mass is 220 g/mol. The minimum absolute atomic E-state index is 0.735. The molecule has 0 aliphatic heterocycles. The molecule has 2 heterocycles. The number of aryl methyl sites for hydroxylation is 2. The Morgan fingerprint density at radius 2 is 2.31 bits per heavy atom. The molecule has 0 radical (unpaired) electrons. The van der Waals surface area contributed by atoms with Gasteiger partial charge in [0.2, 0.25) is 0 Å². The lowest BCUT2D eigenvalue weighted by Crippen LogP contribution is -2.11. The first-order valence-corrected chi connectivity index (χ1v) is 5.37. The van der Waals surface area contributed by atoms with E-state index >= 15 is 0 Å². The topological polar surface area (TPSA) is 55.9 Å². The van der Waals surface area contributed by atoms with Crippen LogP contribution in [0.3, 0.4) is 0 Å². The third-order valence-electron chi connectivity index (χ3n) is 2.39. The molecule has 0 unspecified atom stereocenters. The number of nitrogens with one attached hydrogen (secondary N) is 1. The largest absolute Gasteiger partial charge is 0.356 e. The summed E-state index contributed by atoms with van der Waals surface area (Å²) in [4.78, 5) is 0. The molecule has 16 heavy (non-hydrogen) atoms. The predicted molar refractivity (Wildman–Crippen MR) is 60.8 cm³/mol. The van der Waals surface area contributed by atoms with Crippen molar-refractivity contribution in [2.24, 2.45) is 7.05 Å². The van der Waals surface area contributed by atoms with E-state index in [1.54, 1.807) is 4.68 Å². The van der Waals surface area contributed by atoms with Gasteiger partial charge in [-0.2, -0.15) is 5.10 Å². The molecular formula is C11H16N4O. The standard InChI is InChI=1S/C11H16N4O/c1-4-12-6-9-5-11(16-14-9)10-7-15(3)13-8(10)2/h5,7,12H,4,6H2,1-3H3. The molecule has 2 aromatic rings. The molecule has 0 aliphatic rings. The summed E-state index contributed by atoms with van der Waals surface area (Å²) in [6.45, 7) is 5.68. The Morgan fingerprint density at radius 1 is 1.50 bits per heavy atom. The van der Waals surface area contributed by atoms with Crippen LogP contribution in [0.2, 0.25) is 0 Å². The fraction of sp³-hybridized carbons (Fsp3) is 0.455. The highest BCUT2D eigenvalue weighted by molar-refractivity contribution is 5.59. The summed E-state index contributed by atoms with van der Waals surface area (Å²) >= 11 is 0. The van der Waals surface area contributed by atoms with Crippen LogP contribution in [0.15, 0.2) is 16.8 Å². The van der Waals surface area contributed by atoms with Gasteiger partial charge in [0.15, 0.2) is 5.76 Å². The van der Waals surface area contributed by atoms with Gasteiger partial charge >= 0.3 is 0 Å². The van der Waals surface area contributed by atoms with Gasteiger partial charge in [0.05, 0.1) is 17.0 Å². The number of nitrogens with zero attached hydrogens (tertiary/aromatic N) is 3. The van der Waals surface area contributed by atoms with Crippen LogP contribution < -0.4 is 5.32 Å². The number of aromatic nitrogens is 3. The first kappa shape index (κ1) is 10.9. The van der Waals surface area contributed by atoms with Crippen LogP contribution in [0.4, 0.5) is 0 Å². The SMILES string of the molecule is CCNCc1cc(-c2cn(C)nc2C)on1. The molecule has 0 bridgehead atoms. The highest BCUT2D eigenvalue weighted by Crippen LogP contribution is 2.22. The molecule has 0 saturated carbocycles. The molecule has 5 nitrogen and oxygen atoms in total. The second-order valence-corrected chi connectivity index (χ2v) is 3.76. The Kier molecular flexibility index (Phi) is 3.05. The van der Waals surface area contributed by atoms with E-state index in [1.165, 1.54) is 0 Å². The van der Waals surface area contributed by atoms with E-state index in [2.05, 4.69) is 22.5 Å².